The van der Waals surface area contributed by atoms with Crippen molar-refractivity contribution in [2.24, 2.45) is 0 Å². The Morgan fingerprint density at radius 1 is 1.00 bits per heavy atom. The van der Waals surface area contributed by atoms with Gasteiger partial charge in [-0.3, -0.25) is 0 Å². The summed E-state index contributed by atoms with van der Waals surface area (Å²) in [5.41, 5.74) is 7.39. The summed E-state index contributed by atoms with van der Waals surface area (Å²) in [5, 5.41) is 0.993. The number of aromatic amines is 1. The van der Waals surface area contributed by atoms with Crippen LogP contribution in [0.3, 0.4) is 0 Å². The van der Waals surface area contributed by atoms with Gasteiger partial charge in [0.05, 0.1) is 26.4 Å². The predicted molar refractivity (Wildman–Crippen MR) is 81.6 cm³/mol. The summed E-state index contributed by atoms with van der Waals surface area (Å²) in [5.74, 6) is 0.0443. The largest absolute Gasteiger partial charge is 0.368 e. The van der Waals surface area contributed by atoms with Gasteiger partial charge < -0.3 is 10.7 Å². The van der Waals surface area contributed by atoms with Gasteiger partial charge in [-0.05, 0) is 6.07 Å². The number of benzene rings is 1. The predicted octanol–water partition coefficient (Wildman–Crippen LogP) is 4.22. The standard InChI is InChI=1S/C11H5Cl4N5/c12-3-1-4(13)7(15)5(6(3)14)8-9-10(18-2-17-9)20-11(16)19-8/h1-2H,(H3,16,17,18,19,20). The summed E-state index contributed by atoms with van der Waals surface area (Å²) in [7, 11) is 0. The quantitative estimate of drug-likeness (QED) is 0.645. The SMILES string of the molecule is Nc1nc(-c2c(Cl)c(Cl)cc(Cl)c2Cl)c2[nH]cnc2n1. The van der Waals surface area contributed by atoms with E-state index in [0.717, 1.165) is 0 Å². The van der Waals surface area contributed by atoms with Gasteiger partial charge in [-0.1, -0.05) is 46.4 Å². The maximum Gasteiger partial charge on any atom is 0.222 e. The highest BCUT2D eigenvalue weighted by Gasteiger charge is 2.20. The first kappa shape index (κ1) is 13.7. The average molecular weight is 349 g/mol. The van der Waals surface area contributed by atoms with Crippen LogP contribution in [0.4, 0.5) is 5.95 Å². The summed E-state index contributed by atoms with van der Waals surface area (Å²) >= 11 is 24.5. The minimum atomic E-state index is 0.0443. The lowest BCUT2D eigenvalue weighted by atomic mass is 10.1. The first-order chi connectivity index (χ1) is 9.49. The van der Waals surface area contributed by atoms with Gasteiger partial charge in [0, 0.05) is 5.56 Å². The van der Waals surface area contributed by atoms with Gasteiger partial charge in [0.15, 0.2) is 5.65 Å². The molecule has 0 saturated heterocycles. The van der Waals surface area contributed by atoms with Gasteiger partial charge in [-0.2, -0.15) is 4.98 Å². The number of rotatable bonds is 1. The van der Waals surface area contributed by atoms with Crippen LogP contribution in [0.2, 0.25) is 20.1 Å². The Morgan fingerprint density at radius 3 is 2.30 bits per heavy atom. The molecule has 0 atom stereocenters. The van der Waals surface area contributed by atoms with E-state index in [1.54, 1.807) is 0 Å². The fraction of sp³-hybridized carbons (Fsp3) is 0. The molecule has 0 aliphatic rings. The number of nitrogens with zero attached hydrogens (tertiary/aromatic N) is 3. The Kier molecular flexibility index (Phi) is 3.38. The molecule has 0 radical (unpaired) electrons. The number of hydrogen-bond donors (Lipinski definition) is 2. The molecule has 0 aliphatic heterocycles. The number of nitrogen functional groups attached to an aromatic ring is 1. The van der Waals surface area contributed by atoms with Crippen molar-refractivity contribution in [3.05, 3.63) is 32.5 Å². The van der Waals surface area contributed by atoms with E-state index in [1.165, 1.54) is 12.4 Å². The second kappa shape index (κ2) is 4.93. The molecule has 0 saturated carbocycles. The molecule has 3 aromatic rings. The molecule has 0 bridgehead atoms. The zero-order valence-electron chi connectivity index (χ0n) is 9.59. The Labute approximate surface area is 133 Å². The Bertz CT molecular complexity index is 803. The topological polar surface area (TPSA) is 80.5 Å². The highest BCUT2D eigenvalue weighted by molar-refractivity contribution is 6.50. The Morgan fingerprint density at radius 2 is 1.65 bits per heavy atom. The molecular formula is C11H5Cl4N5. The number of fused-ring (bicyclic) bond motifs is 1. The zero-order valence-corrected chi connectivity index (χ0v) is 12.6. The molecule has 2 heterocycles. The van der Waals surface area contributed by atoms with Crippen LogP contribution >= 0.6 is 46.4 Å². The summed E-state index contributed by atoms with van der Waals surface area (Å²) < 4.78 is 0. The van der Waals surface area contributed by atoms with Gasteiger partial charge in [0.1, 0.15) is 11.2 Å². The van der Waals surface area contributed by atoms with Crippen LogP contribution in [-0.2, 0) is 0 Å². The van der Waals surface area contributed by atoms with Crippen LogP contribution in [0.1, 0.15) is 0 Å². The number of nitrogens with two attached hydrogens (primary N) is 1. The molecule has 3 rings (SSSR count). The molecule has 9 heteroatoms. The van der Waals surface area contributed by atoms with Gasteiger partial charge in [0.2, 0.25) is 5.95 Å². The van der Waals surface area contributed by atoms with E-state index < -0.39 is 0 Å². The van der Waals surface area contributed by atoms with Crippen molar-refractivity contribution in [1.29, 1.82) is 0 Å². The zero-order chi connectivity index (χ0) is 14.4. The highest BCUT2D eigenvalue weighted by atomic mass is 35.5. The third-order valence-corrected chi connectivity index (χ3v) is 4.23. The monoisotopic (exact) mass is 347 g/mol. The molecule has 0 aliphatic carbocycles. The van der Waals surface area contributed by atoms with Crippen LogP contribution in [-0.4, -0.2) is 19.9 Å². The smallest absolute Gasteiger partial charge is 0.222 e. The summed E-state index contributed by atoms with van der Waals surface area (Å²) in [6, 6.07) is 1.46. The maximum absolute atomic E-state index is 6.21. The number of halogens is 4. The van der Waals surface area contributed by atoms with Gasteiger partial charge in [-0.15, -0.1) is 0 Å². The van der Waals surface area contributed by atoms with E-state index in [1.807, 2.05) is 0 Å². The molecule has 0 unspecified atom stereocenters. The fourth-order valence-electron chi connectivity index (χ4n) is 1.81. The molecule has 1 aromatic carbocycles. The molecule has 0 spiro atoms. The number of H-pyrrole nitrogens is 1. The molecular weight excluding hydrogens is 344 g/mol. The van der Waals surface area contributed by atoms with Crippen molar-refractivity contribution in [3.63, 3.8) is 0 Å². The lowest BCUT2D eigenvalue weighted by Gasteiger charge is -2.10. The third kappa shape index (κ3) is 2.07. The number of hydrogen-bond acceptors (Lipinski definition) is 4. The molecule has 2 aromatic heterocycles. The maximum atomic E-state index is 6.21. The van der Waals surface area contributed by atoms with Gasteiger partial charge >= 0.3 is 0 Å². The summed E-state index contributed by atoms with van der Waals surface area (Å²) in [6.07, 6.45) is 1.47. The van der Waals surface area contributed by atoms with Gasteiger partial charge in [-0.25, -0.2) is 9.97 Å². The van der Waals surface area contributed by atoms with Crippen molar-refractivity contribution >= 4 is 63.5 Å². The van der Waals surface area contributed by atoms with E-state index in [0.29, 0.717) is 22.4 Å². The van der Waals surface area contributed by atoms with Crippen LogP contribution in [0.5, 0.6) is 0 Å². The van der Waals surface area contributed by atoms with E-state index in [2.05, 4.69) is 19.9 Å². The number of aromatic nitrogens is 4. The van der Waals surface area contributed by atoms with Gasteiger partial charge in [0.25, 0.3) is 0 Å². The van der Waals surface area contributed by atoms with E-state index in [-0.39, 0.29) is 26.0 Å². The average Bonchev–Trinajstić information content (AvgIpc) is 2.84. The lowest BCUT2D eigenvalue weighted by molar-refractivity contribution is 1.22. The number of nitrogens with one attached hydrogen (secondary N) is 1. The molecule has 0 fully saturated rings. The molecule has 20 heavy (non-hydrogen) atoms. The molecule has 3 N–H and O–H groups in total. The Balaban J connectivity index is 2.45. The second-order valence-corrected chi connectivity index (χ2v) is 5.45. The normalized spacial score (nSPS) is 11.2. The summed E-state index contributed by atoms with van der Waals surface area (Å²) in [4.78, 5) is 15.1. The number of anilines is 1. The molecule has 102 valence electrons. The van der Waals surface area contributed by atoms with Crippen molar-refractivity contribution in [1.82, 2.24) is 19.9 Å². The first-order valence-corrected chi connectivity index (χ1v) is 6.80. The van der Waals surface area contributed by atoms with E-state index >= 15 is 0 Å². The first-order valence-electron chi connectivity index (χ1n) is 5.29. The fourth-order valence-corrected chi connectivity index (χ4v) is 2.80. The minimum absolute atomic E-state index is 0.0443. The van der Waals surface area contributed by atoms with Crippen molar-refractivity contribution < 1.29 is 0 Å². The van der Waals surface area contributed by atoms with Crippen molar-refractivity contribution in [2.75, 3.05) is 5.73 Å². The van der Waals surface area contributed by atoms with E-state index in [4.69, 9.17) is 52.1 Å². The van der Waals surface area contributed by atoms with Crippen molar-refractivity contribution in [2.45, 2.75) is 0 Å². The Hall–Kier alpha value is -1.27. The molecule has 5 nitrogen and oxygen atoms in total. The van der Waals surface area contributed by atoms with Crippen LogP contribution in [0, 0.1) is 0 Å². The minimum Gasteiger partial charge on any atom is -0.368 e. The van der Waals surface area contributed by atoms with Crippen molar-refractivity contribution in [3.8, 4) is 11.3 Å². The molecule has 0 amide bonds. The highest BCUT2D eigenvalue weighted by Crippen LogP contribution is 2.44. The number of imidazole rings is 1. The lowest BCUT2D eigenvalue weighted by Crippen LogP contribution is -1.99. The summed E-state index contributed by atoms with van der Waals surface area (Å²) in [6.45, 7) is 0. The third-order valence-electron chi connectivity index (χ3n) is 2.65. The van der Waals surface area contributed by atoms with Crippen LogP contribution < -0.4 is 5.73 Å². The van der Waals surface area contributed by atoms with Crippen LogP contribution in [0.15, 0.2) is 12.4 Å². The second-order valence-electron chi connectivity index (χ2n) is 3.87. The van der Waals surface area contributed by atoms with Crippen LogP contribution in [0.25, 0.3) is 22.4 Å². The van der Waals surface area contributed by atoms with E-state index in [9.17, 15) is 0 Å².